The second kappa shape index (κ2) is 12.1. The van der Waals surface area contributed by atoms with Crippen molar-refractivity contribution in [2.24, 2.45) is 4.99 Å². The summed E-state index contributed by atoms with van der Waals surface area (Å²) in [6.45, 7) is 1.88. The lowest BCUT2D eigenvalue weighted by molar-refractivity contribution is -0.137. The molecule has 0 spiro atoms. The molecule has 3 N–H and O–H groups in total. The van der Waals surface area contributed by atoms with Gasteiger partial charge in [-0.05, 0) is 78.2 Å². The first-order valence-electron chi connectivity index (χ1n) is 13.1. The highest BCUT2D eigenvalue weighted by molar-refractivity contribution is 7.12. The van der Waals surface area contributed by atoms with E-state index in [1.807, 2.05) is 42.6 Å². The van der Waals surface area contributed by atoms with Gasteiger partial charge in [-0.1, -0.05) is 36.4 Å². The summed E-state index contributed by atoms with van der Waals surface area (Å²) >= 11 is 1.36. The number of fused-ring (bicyclic) bond motifs is 1. The van der Waals surface area contributed by atoms with Gasteiger partial charge in [0.25, 0.3) is 5.91 Å². The number of carbonyl (C=O) groups excluding carboxylic acids is 3. The zero-order valence-corrected chi connectivity index (χ0v) is 23.0. The monoisotopic (exact) mass is 565 g/mol. The van der Waals surface area contributed by atoms with Crippen molar-refractivity contribution < 1.29 is 24.3 Å². The van der Waals surface area contributed by atoms with E-state index in [1.165, 1.54) is 11.3 Å². The fourth-order valence-corrected chi connectivity index (χ4v) is 5.45. The lowest BCUT2D eigenvalue weighted by atomic mass is 9.97. The van der Waals surface area contributed by atoms with E-state index in [0.717, 1.165) is 16.7 Å². The molecular weight excluding hydrogens is 538 g/mol. The van der Waals surface area contributed by atoms with Gasteiger partial charge in [-0.15, -0.1) is 11.3 Å². The summed E-state index contributed by atoms with van der Waals surface area (Å²) in [5.41, 5.74) is 5.24. The van der Waals surface area contributed by atoms with Crippen molar-refractivity contribution in [3.8, 4) is 0 Å². The summed E-state index contributed by atoms with van der Waals surface area (Å²) in [4.78, 5) is 54.4. The number of hydrogen-bond donors (Lipinski definition) is 3. The molecule has 2 heterocycles. The number of carboxylic acid groups (broad SMARTS) is 1. The van der Waals surface area contributed by atoms with Gasteiger partial charge in [-0.25, -0.2) is 0 Å². The molecule has 4 aromatic rings. The van der Waals surface area contributed by atoms with Crippen LogP contribution in [0.2, 0.25) is 0 Å². The molecule has 9 heteroatoms. The van der Waals surface area contributed by atoms with Crippen molar-refractivity contribution in [2.45, 2.75) is 32.1 Å². The number of rotatable bonds is 10. The maximum Gasteiger partial charge on any atom is 0.303 e. The van der Waals surface area contributed by atoms with Gasteiger partial charge >= 0.3 is 5.97 Å². The van der Waals surface area contributed by atoms with E-state index in [1.54, 1.807) is 48.7 Å². The summed E-state index contributed by atoms with van der Waals surface area (Å²) in [6.07, 6.45) is 2.95. The van der Waals surface area contributed by atoms with E-state index in [2.05, 4.69) is 15.6 Å². The number of amides is 2. The minimum Gasteiger partial charge on any atom is -0.481 e. The van der Waals surface area contributed by atoms with Gasteiger partial charge < -0.3 is 15.7 Å². The van der Waals surface area contributed by atoms with Gasteiger partial charge in [0.2, 0.25) is 5.91 Å². The number of ketones is 1. The summed E-state index contributed by atoms with van der Waals surface area (Å²) < 4.78 is 0. The Morgan fingerprint density at radius 3 is 2.54 bits per heavy atom. The van der Waals surface area contributed by atoms with Crippen molar-refractivity contribution in [1.82, 2.24) is 0 Å². The second-order valence-electron chi connectivity index (χ2n) is 9.76. The van der Waals surface area contributed by atoms with E-state index in [0.29, 0.717) is 45.9 Å². The first kappa shape index (κ1) is 27.7. The fraction of sp³-hybridized carbons (Fsp3) is 0.156. The molecule has 0 fully saturated rings. The summed E-state index contributed by atoms with van der Waals surface area (Å²) in [5, 5.41) is 16.3. The third kappa shape index (κ3) is 6.47. The molecule has 1 unspecified atom stereocenters. The molecule has 0 saturated carbocycles. The van der Waals surface area contributed by atoms with Crippen molar-refractivity contribution in [2.75, 3.05) is 10.6 Å². The van der Waals surface area contributed by atoms with Crippen LogP contribution in [0.5, 0.6) is 0 Å². The molecule has 0 bridgehead atoms. The Bertz CT molecular complexity index is 1670. The average molecular weight is 566 g/mol. The predicted octanol–water partition coefficient (Wildman–Crippen LogP) is 6.39. The number of benzene rings is 3. The standard InChI is InChI=1S/C32H27N3O5S/c1-19-14-15-41-30(19)32(40)34-24-6-3-5-21(16-24)29(38)22-10-13-25-26(31(39)35-27(25)17-22)18-33-23-11-8-20(9-12-23)4-2-7-28(36)37/h3,5-6,8-18,26H,2,4,7H2,1H3,(H,34,40)(H,35,39)(H,36,37). The number of hydrogen-bond acceptors (Lipinski definition) is 6. The SMILES string of the molecule is Cc1ccsc1C(=O)Nc1cccc(C(=O)c2ccc3c(c2)NC(=O)C3C=Nc2ccc(CCCC(=O)O)cc2)c1. The first-order valence-corrected chi connectivity index (χ1v) is 14.0. The van der Waals surface area contributed by atoms with Crippen LogP contribution in [-0.4, -0.2) is 34.9 Å². The third-order valence-electron chi connectivity index (χ3n) is 6.81. The summed E-state index contributed by atoms with van der Waals surface area (Å²) in [5.74, 6) is -2.08. The molecule has 1 aliphatic heterocycles. The predicted molar refractivity (Wildman–Crippen MR) is 160 cm³/mol. The highest BCUT2D eigenvalue weighted by Gasteiger charge is 2.30. The number of thiophene rings is 1. The molecule has 41 heavy (non-hydrogen) atoms. The molecular formula is C32H27N3O5S. The van der Waals surface area contributed by atoms with Gasteiger partial charge in [0.15, 0.2) is 5.78 Å². The number of carboxylic acids is 1. The molecule has 2 amide bonds. The van der Waals surface area contributed by atoms with Crippen LogP contribution >= 0.6 is 11.3 Å². The summed E-state index contributed by atoms with van der Waals surface area (Å²) in [6, 6.07) is 21.2. The topological polar surface area (TPSA) is 125 Å². The number of anilines is 2. The summed E-state index contributed by atoms with van der Waals surface area (Å²) in [7, 11) is 0. The maximum atomic E-state index is 13.3. The number of nitrogens with one attached hydrogen (secondary N) is 2. The molecule has 3 aromatic carbocycles. The van der Waals surface area contributed by atoms with Gasteiger partial charge in [-0.3, -0.25) is 24.2 Å². The van der Waals surface area contributed by atoms with Crippen LogP contribution < -0.4 is 10.6 Å². The fourth-order valence-electron chi connectivity index (χ4n) is 4.63. The molecule has 0 radical (unpaired) electrons. The lowest BCUT2D eigenvalue weighted by Crippen LogP contribution is -2.12. The number of aryl methyl sites for hydroxylation is 2. The molecule has 8 nitrogen and oxygen atoms in total. The van der Waals surface area contributed by atoms with Crippen molar-refractivity contribution in [1.29, 1.82) is 0 Å². The number of carbonyl (C=O) groups is 4. The zero-order chi connectivity index (χ0) is 28.9. The molecule has 1 aliphatic rings. The number of aliphatic carboxylic acids is 1. The van der Waals surface area contributed by atoms with Crippen LogP contribution in [-0.2, 0) is 16.0 Å². The molecule has 0 aliphatic carbocycles. The Labute approximate surface area is 240 Å². The Hall–Kier alpha value is -4.89. The maximum absolute atomic E-state index is 13.3. The minimum absolute atomic E-state index is 0.129. The average Bonchev–Trinajstić information content (AvgIpc) is 3.53. The Balaban J connectivity index is 1.26. The highest BCUT2D eigenvalue weighted by atomic mass is 32.1. The molecule has 1 atom stereocenters. The largest absolute Gasteiger partial charge is 0.481 e. The quantitative estimate of drug-likeness (QED) is 0.152. The van der Waals surface area contributed by atoms with Gasteiger partial charge in [0.1, 0.15) is 5.92 Å². The van der Waals surface area contributed by atoms with Gasteiger partial charge in [-0.2, -0.15) is 0 Å². The van der Waals surface area contributed by atoms with Crippen LogP contribution in [0.25, 0.3) is 0 Å². The van der Waals surface area contributed by atoms with Crippen molar-refractivity contribution in [3.05, 3.63) is 111 Å². The molecule has 5 rings (SSSR count). The molecule has 1 aromatic heterocycles. The van der Waals surface area contributed by atoms with E-state index >= 15 is 0 Å². The first-order chi connectivity index (χ1) is 19.8. The Kier molecular flexibility index (Phi) is 8.16. The molecule has 206 valence electrons. The Morgan fingerprint density at radius 1 is 1.02 bits per heavy atom. The van der Waals surface area contributed by atoms with E-state index < -0.39 is 11.9 Å². The van der Waals surface area contributed by atoms with Crippen LogP contribution in [0.4, 0.5) is 17.1 Å². The van der Waals surface area contributed by atoms with Crippen molar-refractivity contribution >= 4 is 58.2 Å². The van der Waals surface area contributed by atoms with Crippen LogP contribution in [0.1, 0.15) is 61.0 Å². The van der Waals surface area contributed by atoms with Crippen LogP contribution in [0, 0.1) is 6.92 Å². The highest BCUT2D eigenvalue weighted by Crippen LogP contribution is 2.33. The number of aliphatic imine (C=N–C) groups is 1. The Morgan fingerprint density at radius 2 is 1.80 bits per heavy atom. The van der Waals surface area contributed by atoms with Gasteiger partial charge in [0.05, 0.1) is 10.6 Å². The second-order valence-corrected chi connectivity index (χ2v) is 10.7. The zero-order valence-electron chi connectivity index (χ0n) is 22.2. The van der Waals surface area contributed by atoms with Crippen LogP contribution in [0.3, 0.4) is 0 Å². The minimum atomic E-state index is -0.808. The smallest absolute Gasteiger partial charge is 0.303 e. The molecule has 0 saturated heterocycles. The number of nitrogens with zero attached hydrogens (tertiary/aromatic N) is 1. The van der Waals surface area contributed by atoms with Gasteiger partial charge in [0, 0.05) is 35.1 Å². The normalized spacial score (nSPS) is 14.1. The van der Waals surface area contributed by atoms with E-state index in [-0.39, 0.29) is 24.0 Å². The third-order valence-corrected chi connectivity index (χ3v) is 7.82. The van der Waals surface area contributed by atoms with Crippen molar-refractivity contribution in [3.63, 3.8) is 0 Å². The van der Waals surface area contributed by atoms with E-state index in [4.69, 9.17) is 5.11 Å². The van der Waals surface area contributed by atoms with E-state index in [9.17, 15) is 19.2 Å². The van der Waals surface area contributed by atoms with Crippen LogP contribution in [0.15, 0.2) is 83.2 Å². The lowest BCUT2D eigenvalue weighted by Gasteiger charge is -2.08.